The molecular weight excluding hydrogens is 577 g/mol. The molecule has 1 amide bonds. The summed E-state index contributed by atoms with van der Waals surface area (Å²) in [5.74, 6) is 0.0467. The van der Waals surface area contributed by atoms with Crippen LogP contribution in [0.3, 0.4) is 0 Å². The van der Waals surface area contributed by atoms with E-state index in [0.717, 1.165) is 60.2 Å². The lowest BCUT2D eigenvalue weighted by molar-refractivity contribution is -0.274. The Morgan fingerprint density at radius 1 is 1.00 bits per heavy atom. The molecule has 5 rings (SSSR count). The van der Waals surface area contributed by atoms with Gasteiger partial charge in [0.15, 0.2) is 0 Å². The van der Waals surface area contributed by atoms with Gasteiger partial charge in [0.05, 0.1) is 18.9 Å². The molecule has 0 atom stereocenters. The number of morpholine rings is 1. The van der Waals surface area contributed by atoms with Crippen LogP contribution in [-0.4, -0.2) is 54.7 Å². The largest absolute Gasteiger partial charge is 0.573 e. The summed E-state index contributed by atoms with van der Waals surface area (Å²) in [5.41, 5.74) is 5.40. The minimum absolute atomic E-state index is 0.208. The Morgan fingerprint density at radius 3 is 2.40 bits per heavy atom. The number of nitrogens with zero attached hydrogens (tertiary/aromatic N) is 2. The van der Waals surface area contributed by atoms with E-state index >= 15 is 0 Å². The predicted octanol–water partition coefficient (Wildman–Crippen LogP) is 7.51. The highest BCUT2D eigenvalue weighted by molar-refractivity contribution is 7.98. The number of aromatic nitrogens is 1. The normalized spacial score (nSPS) is 13.9. The number of pyridine rings is 1. The van der Waals surface area contributed by atoms with Crippen molar-refractivity contribution in [2.45, 2.75) is 24.7 Å². The summed E-state index contributed by atoms with van der Waals surface area (Å²) >= 11 is 1.48. The molecule has 0 aliphatic carbocycles. The zero-order chi connectivity index (χ0) is 30.4. The molecule has 1 aromatic heterocycles. The molecule has 0 spiro atoms. The molecule has 0 saturated carbocycles. The van der Waals surface area contributed by atoms with Crippen LogP contribution in [0.4, 0.5) is 30.4 Å². The van der Waals surface area contributed by atoms with Crippen LogP contribution in [0.15, 0.2) is 83.8 Å². The van der Waals surface area contributed by atoms with Crippen molar-refractivity contribution in [3.05, 3.63) is 95.6 Å². The van der Waals surface area contributed by atoms with Gasteiger partial charge in [0, 0.05) is 47.0 Å². The molecule has 4 aromatic rings. The summed E-state index contributed by atoms with van der Waals surface area (Å²) in [6, 6.07) is 22.5. The lowest BCUT2D eigenvalue weighted by Gasteiger charge is -2.26. The third-order valence-corrected chi connectivity index (χ3v) is 7.69. The lowest BCUT2D eigenvalue weighted by atomic mass is 10.1. The zero-order valence-electron chi connectivity index (χ0n) is 23.7. The standard InChI is InChI=1S/C32H31F3N4O3S/c1-21-3-4-22(20-39-15-17-41-18-16-39)19-27(21)37-31(40)24-5-9-25(10-6-24)36-29-14-13-28(43-2)30(38-29)23-7-11-26(12-8-23)42-32(33,34)35/h3-14,19H,15-18,20H2,1-2H3,(H,36,38)(H,37,40). The first-order valence-electron chi connectivity index (χ1n) is 13.7. The van der Waals surface area contributed by atoms with E-state index in [-0.39, 0.29) is 11.7 Å². The van der Waals surface area contributed by atoms with Gasteiger partial charge in [-0.1, -0.05) is 12.1 Å². The maximum atomic E-state index is 13.1. The van der Waals surface area contributed by atoms with Gasteiger partial charge < -0.3 is 20.1 Å². The van der Waals surface area contributed by atoms with Crippen LogP contribution in [-0.2, 0) is 11.3 Å². The van der Waals surface area contributed by atoms with Gasteiger partial charge in [-0.3, -0.25) is 9.69 Å². The second-order valence-corrected chi connectivity index (χ2v) is 10.9. The smallest absolute Gasteiger partial charge is 0.406 e. The van der Waals surface area contributed by atoms with Gasteiger partial charge in [0.25, 0.3) is 5.91 Å². The maximum Gasteiger partial charge on any atom is 0.573 e. The average Bonchev–Trinajstić information content (AvgIpc) is 2.99. The fraction of sp³-hybridized carbons (Fsp3) is 0.250. The van der Waals surface area contributed by atoms with Gasteiger partial charge >= 0.3 is 6.36 Å². The van der Waals surface area contributed by atoms with Gasteiger partial charge in [0.1, 0.15) is 11.6 Å². The number of anilines is 3. The summed E-state index contributed by atoms with van der Waals surface area (Å²) in [6.45, 7) is 6.02. The second kappa shape index (κ2) is 13.5. The van der Waals surface area contributed by atoms with Crippen LogP contribution >= 0.6 is 11.8 Å². The van der Waals surface area contributed by atoms with Crippen molar-refractivity contribution in [2.75, 3.05) is 43.2 Å². The van der Waals surface area contributed by atoms with Crippen molar-refractivity contribution in [2.24, 2.45) is 0 Å². The van der Waals surface area contributed by atoms with E-state index in [4.69, 9.17) is 9.72 Å². The third kappa shape index (κ3) is 8.28. The van der Waals surface area contributed by atoms with Gasteiger partial charge in [-0.15, -0.1) is 24.9 Å². The van der Waals surface area contributed by atoms with Crippen molar-refractivity contribution in [3.63, 3.8) is 0 Å². The van der Waals surface area contributed by atoms with E-state index in [0.29, 0.717) is 22.6 Å². The van der Waals surface area contributed by atoms with Crippen LogP contribution in [0.1, 0.15) is 21.5 Å². The molecule has 0 radical (unpaired) electrons. The number of alkyl halides is 3. The number of halogens is 3. The van der Waals surface area contributed by atoms with Crippen molar-refractivity contribution >= 4 is 34.9 Å². The van der Waals surface area contributed by atoms with E-state index in [9.17, 15) is 18.0 Å². The molecule has 224 valence electrons. The monoisotopic (exact) mass is 608 g/mol. The van der Waals surface area contributed by atoms with Crippen molar-refractivity contribution in [1.82, 2.24) is 9.88 Å². The summed E-state index contributed by atoms with van der Waals surface area (Å²) in [7, 11) is 0. The number of carbonyl (C=O) groups excluding carboxylic acids is 1. The highest BCUT2D eigenvalue weighted by Gasteiger charge is 2.31. The molecule has 11 heteroatoms. The molecule has 2 N–H and O–H groups in total. The van der Waals surface area contributed by atoms with Gasteiger partial charge in [-0.2, -0.15) is 0 Å². The first-order valence-corrected chi connectivity index (χ1v) is 14.9. The fourth-order valence-electron chi connectivity index (χ4n) is 4.67. The number of hydrogen-bond acceptors (Lipinski definition) is 7. The Morgan fingerprint density at radius 2 is 1.72 bits per heavy atom. The van der Waals surface area contributed by atoms with E-state index in [1.165, 1.54) is 23.9 Å². The molecule has 0 unspecified atom stereocenters. The molecule has 0 bridgehead atoms. The van der Waals surface area contributed by atoms with Gasteiger partial charge in [-0.05, 0) is 91.0 Å². The van der Waals surface area contributed by atoms with Crippen LogP contribution in [0.2, 0.25) is 0 Å². The van der Waals surface area contributed by atoms with E-state index < -0.39 is 6.36 Å². The fourth-order valence-corrected chi connectivity index (χ4v) is 5.23. The highest BCUT2D eigenvalue weighted by Crippen LogP contribution is 2.33. The Hall–Kier alpha value is -4.06. The van der Waals surface area contributed by atoms with Gasteiger partial charge in [-0.25, -0.2) is 4.98 Å². The van der Waals surface area contributed by atoms with Crippen LogP contribution in [0.25, 0.3) is 11.3 Å². The summed E-state index contributed by atoms with van der Waals surface area (Å²) in [4.78, 5) is 21.0. The van der Waals surface area contributed by atoms with Gasteiger partial charge in [0.2, 0.25) is 0 Å². The number of aryl methyl sites for hydroxylation is 1. The number of benzene rings is 3. The third-order valence-electron chi connectivity index (χ3n) is 6.92. The number of hydrogen-bond donors (Lipinski definition) is 2. The highest BCUT2D eigenvalue weighted by atomic mass is 32.2. The number of nitrogens with one attached hydrogen (secondary N) is 2. The Labute approximate surface area is 252 Å². The van der Waals surface area contributed by atoms with Crippen LogP contribution in [0.5, 0.6) is 5.75 Å². The molecule has 3 aromatic carbocycles. The van der Waals surface area contributed by atoms with Crippen molar-refractivity contribution < 1.29 is 27.4 Å². The lowest BCUT2D eigenvalue weighted by Crippen LogP contribution is -2.35. The Bertz CT molecular complexity index is 1560. The molecular formula is C32H31F3N4O3S. The number of thioether (sulfide) groups is 1. The quantitative estimate of drug-likeness (QED) is 0.191. The van der Waals surface area contributed by atoms with E-state index in [2.05, 4.69) is 26.3 Å². The molecule has 43 heavy (non-hydrogen) atoms. The molecule has 1 fully saturated rings. The number of rotatable bonds is 9. The first kappa shape index (κ1) is 30.4. The SMILES string of the molecule is CSc1ccc(Nc2ccc(C(=O)Nc3cc(CN4CCOCC4)ccc3C)cc2)nc1-c1ccc(OC(F)(F)F)cc1. The first-order chi connectivity index (χ1) is 20.7. The summed E-state index contributed by atoms with van der Waals surface area (Å²) in [6.07, 6.45) is -2.85. The van der Waals surface area contributed by atoms with E-state index in [1.54, 1.807) is 36.4 Å². The topological polar surface area (TPSA) is 75.7 Å². The number of amides is 1. The minimum atomic E-state index is -4.75. The molecule has 1 aliphatic heterocycles. The predicted molar refractivity (Wildman–Crippen MR) is 163 cm³/mol. The minimum Gasteiger partial charge on any atom is -0.406 e. The summed E-state index contributed by atoms with van der Waals surface area (Å²) < 4.78 is 47.0. The zero-order valence-corrected chi connectivity index (χ0v) is 24.5. The Kier molecular flexibility index (Phi) is 9.54. The molecule has 1 aliphatic rings. The molecule has 2 heterocycles. The van der Waals surface area contributed by atoms with E-state index in [1.807, 2.05) is 37.4 Å². The maximum absolute atomic E-state index is 13.1. The summed E-state index contributed by atoms with van der Waals surface area (Å²) in [5, 5.41) is 6.28. The Balaban J connectivity index is 1.25. The average molecular weight is 609 g/mol. The van der Waals surface area contributed by atoms with Crippen LogP contribution in [0, 0.1) is 6.92 Å². The number of ether oxygens (including phenoxy) is 2. The van der Waals surface area contributed by atoms with Crippen molar-refractivity contribution in [3.8, 4) is 17.0 Å². The molecule has 1 saturated heterocycles. The van der Waals surface area contributed by atoms with Crippen LogP contribution < -0.4 is 15.4 Å². The van der Waals surface area contributed by atoms with Crippen molar-refractivity contribution in [1.29, 1.82) is 0 Å². The molecule has 7 nitrogen and oxygen atoms in total. The second-order valence-electron chi connectivity index (χ2n) is 10.0. The number of carbonyl (C=O) groups is 1.